The Balaban J connectivity index is 1.74. The van der Waals surface area contributed by atoms with Crippen LogP contribution in [0.25, 0.3) is 10.9 Å². The molecule has 3 rings (SSSR count). The monoisotopic (exact) mass is 334 g/mol. The molecule has 1 heterocycles. The highest BCUT2D eigenvalue weighted by molar-refractivity contribution is 5.89. The number of aromatic nitrogens is 1. The molecule has 0 bridgehead atoms. The van der Waals surface area contributed by atoms with E-state index in [2.05, 4.69) is 61.4 Å². The summed E-state index contributed by atoms with van der Waals surface area (Å²) in [5.41, 5.74) is 4.59. The lowest BCUT2D eigenvalue weighted by molar-refractivity contribution is -0.121. The van der Waals surface area contributed by atoms with Gasteiger partial charge in [-0.1, -0.05) is 63.2 Å². The molecule has 0 saturated heterocycles. The van der Waals surface area contributed by atoms with Crippen LogP contribution in [0.15, 0.2) is 54.7 Å². The van der Waals surface area contributed by atoms with Crippen molar-refractivity contribution in [1.82, 2.24) is 10.3 Å². The lowest BCUT2D eigenvalue weighted by Crippen LogP contribution is -2.32. The maximum Gasteiger partial charge on any atom is 0.224 e. The van der Waals surface area contributed by atoms with Gasteiger partial charge in [-0.3, -0.25) is 4.79 Å². The summed E-state index contributed by atoms with van der Waals surface area (Å²) < 4.78 is 0. The average Bonchev–Trinajstić information content (AvgIpc) is 3.03. The topological polar surface area (TPSA) is 44.9 Å². The molecule has 0 spiro atoms. The Morgan fingerprint density at radius 3 is 2.48 bits per heavy atom. The Kier molecular flexibility index (Phi) is 5.22. The SMILES string of the molecule is CCc1ccc(C(NC(=O)Cc2c[nH]c3ccccc23)C(C)C)cc1. The van der Waals surface area contributed by atoms with Gasteiger partial charge in [-0.2, -0.15) is 0 Å². The maximum absolute atomic E-state index is 12.6. The van der Waals surface area contributed by atoms with Gasteiger partial charge in [-0.25, -0.2) is 0 Å². The summed E-state index contributed by atoms with van der Waals surface area (Å²) >= 11 is 0. The maximum atomic E-state index is 12.6. The van der Waals surface area contributed by atoms with Crippen LogP contribution in [-0.4, -0.2) is 10.9 Å². The van der Waals surface area contributed by atoms with Crippen LogP contribution in [0.5, 0.6) is 0 Å². The van der Waals surface area contributed by atoms with E-state index in [0.717, 1.165) is 22.9 Å². The average molecular weight is 334 g/mol. The molecule has 0 radical (unpaired) electrons. The van der Waals surface area contributed by atoms with Crippen LogP contribution < -0.4 is 5.32 Å². The van der Waals surface area contributed by atoms with E-state index in [1.54, 1.807) is 0 Å². The largest absolute Gasteiger partial charge is 0.361 e. The molecule has 2 aromatic carbocycles. The van der Waals surface area contributed by atoms with E-state index in [1.165, 1.54) is 11.1 Å². The zero-order valence-corrected chi connectivity index (χ0v) is 15.2. The molecule has 1 amide bonds. The Hall–Kier alpha value is -2.55. The Morgan fingerprint density at radius 2 is 1.80 bits per heavy atom. The molecule has 2 N–H and O–H groups in total. The summed E-state index contributed by atoms with van der Waals surface area (Å²) in [5.74, 6) is 0.391. The first-order valence-electron chi connectivity index (χ1n) is 9.01. The quantitative estimate of drug-likeness (QED) is 0.669. The highest BCUT2D eigenvalue weighted by atomic mass is 16.1. The van der Waals surface area contributed by atoms with E-state index in [9.17, 15) is 4.79 Å². The molecule has 3 aromatic rings. The summed E-state index contributed by atoms with van der Waals surface area (Å²) in [6.45, 7) is 6.44. The molecule has 25 heavy (non-hydrogen) atoms. The van der Waals surface area contributed by atoms with Crippen molar-refractivity contribution in [3.05, 3.63) is 71.4 Å². The number of para-hydroxylation sites is 1. The Bertz CT molecular complexity index is 846. The molecular formula is C22H26N2O. The van der Waals surface area contributed by atoms with E-state index >= 15 is 0 Å². The van der Waals surface area contributed by atoms with Crippen molar-refractivity contribution in [3.63, 3.8) is 0 Å². The third-order valence-corrected chi connectivity index (χ3v) is 4.76. The molecule has 130 valence electrons. The summed E-state index contributed by atoms with van der Waals surface area (Å²) in [7, 11) is 0. The van der Waals surface area contributed by atoms with Gasteiger partial charge >= 0.3 is 0 Å². The summed E-state index contributed by atoms with van der Waals surface area (Å²) in [6.07, 6.45) is 3.35. The van der Waals surface area contributed by atoms with Crippen molar-refractivity contribution in [1.29, 1.82) is 0 Å². The summed E-state index contributed by atoms with van der Waals surface area (Å²) in [5, 5.41) is 4.34. The van der Waals surface area contributed by atoms with Crippen LogP contribution in [0, 0.1) is 5.92 Å². The first-order valence-corrected chi connectivity index (χ1v) is 9.01. The number of benzene rings is 2. The molecular weight excluding hydrogens is 308 g/mol. The van der Waals surface area contributed by atoms with Crippen molar-refractivity contribution < 1.29 is 4.79 Å². The lowest BCUT2D eigenvalue weighted by atomic mass is 9.94. The highest BCUT2D eigenvalue weighted by Crippen LogP contribution is 2.23. The van der Waals surface area contributed by atoms with Crippen LogP contribution in [0.4, 0.5) is 0 Å². The lowest BCUT2D eigenvalue weighted by Gasteiger charge is -2.23. The minimum atomic E-state index is 0.0311. The Labute approximate surface area is 149 Å². The van der Waals surface area contributed by atoms with Gasteiger partial charge in [-0.05, 0) is 35.1 Å². The predicted octanol–water partition coefficient (Wildman–Crippen LogP) is 4.79. The van der Waals surface area contributed by atoms with E-state index in [-0.39, 0.29) is 11.9 Å². The van der Waals surface area contributed by atoms with Crippen LogP contribution in [0.3, 0.4) is 0 Å². The van der Waals surface area contributed by atoms with Gasteiger partial charge in [0.1, 0.15) is 0 Å². The molecule has 0 aliphatic carbocycles. The number of rotatable bonds is 6. The fourth-order valence-corrected chi connectivity index (χ4v) is 3.27. The second-order valence-corrected chi connectivity index (χ2v) is 6.92. The molecule has 0 fully saturated rings. The van der Waals surface area contributed by atoms with Crippen molar-refractivity contribution in [2.75, 3.05) is 0 Å². The second-order valence-electron chi connectivity index (χ2n) is 6.92. The fourth-order valence-electron chi connectivity index (χ4n) is 3.27. The Morgan fingerprint density at radius 1 is 1.08 bits per heavy atom. The summed E-state index contributed by atoms with van der Waals surface area (Å²) in [4.78, 5) is 15.9. The molecule has 3 heteroatoms. The van der Waals surface area contributed by atoms with Crippen molar-refractivity contribution in [2.24, 2.45) is 5.92 Å². The zero-order valence-electron chi connectivity index (χ0n) is 15.2. The molecule has 1 atom stereocenters. The molecule has 3 nitrogen and oxygen atoms in total. The minimum absolute atomic E-state index is 0.0311. The van der Waals surface area contributed by atoms with Gasteiger partial charge in [0.25, 0.3) is 0 Å². The van der Waals surface area contributed by atoms with Crippen LogP contribution in [0.1, 0.15) is 43.5 Å². The molecule has 0 saturated carbocycles. The van der Waals surface area contributed by atoms with Gasteiger partial charge in [0, 0.05) is 17.1 Å². The smallest absolute Gasteiger partial charge is 0.224 e. The number of carbonyl (C=O) groups is 1. The fraction of sp³-hybridized carbons (Fsp3) is 0.318. The first kappa shape index (κ1) is 17.3. The molecule has 1 unspecified atom stereocenters. The van der Waals surface area contributed by atoms with Gasteiger partial charge in [0.15, 0.2) is 0 Å². The number of aryl methyl sites for hydroxylation is 1. The zero-order chi connectivity index (χ0) is 17.8. The van der Waals surface area contributed by atoms with Crippen molar-refractivity contribution in [3.8, 4) is 0 Å². The minimum Gasteiger partial charge on any atom is -0.361 e. The van der Waals surface area contributed by atoms with Gasteiger partial charge in [0.05, 0.1) is 12.5 Å². The number of amides is 1. The number of fused-ring (bicyclic) bond motifs is 1. The van der Waals surface area contributed by atoms with E-state index in [0.29, 0.717) is 12.3 Å². The predicted molar refractivity (Wildman–Crippen MR) is 104 cm³/mol. The summed E-state index contributed by atoms with van der Waals surface area (Å²) in [6, 6.07) is 16.7. The van der Waals surface area contributed by atoms with E-state index in [4.69, 9.17) is 0 Å². The second kappa shape index (κ2) is 7.56. The molecule has 1 aromatic heterocycles. The van der Waals surface area contributed by atoms with Gasteiger partial charge in [-0.15, -0.1) is 0 Å². The number of H-pyrrole nitrogens is 1. The van der Waals surface area contributed by atoms with Crippen molar-refractivity contribution in [2.45, 2.75) is 39.7 Å². The standard InChI is InChI=1S/C22H26N2O/c1-4-16-9-11-17(12-10-16)22(15(2)3)24-21(25)13-18-14-23-20-8-6-5-7-19(18)20/h5-12,14-15,22-23H,4,13H2,1-3H3,(H,24,25). The normalized spacial score (nSPS) is 12.5. The van der Waals surface area contributed by atoms with Crippen LogP contribution >= 0.6 is 0 Å². The third kappa shape index (κ3) is 3.93. The molecule has 0 aliphatic rings. The van der Waals surface area contributed by atoms with E-state index in [1.807, 2.05) is 24.4 Å². The van der Waals surface area contributed by atoms with Crippen molar-refractivity contribution >= 4 is 16.8 Å². The number of hydrogen-bond donors (Lipinski definition) is 2. The third-order valence-electron chi connectivity index (χ3n) is 4.76. The van der Waals surface area contributed by atoms with Crippen LogP contribution in [-0.2, 0) is 17.6 Å². The number of aromatic amines is 1. The number of carbonyl (C=O) groups excluding carboxylic acids is 1. The number of hydrogen-bond acceptors (Lipinski definition) is 1. The molecule has 0 aliphatic heterocycles. The highest BCUT2D eigenvalue weighted by Gasteiger charge is 2.19. The van der Waals surface area contributed by atoms with E-state index < -0.39 is 0 Å². The number of nitrogens with one attached hydrogen (secondary N) is 2. The van der Waals surface area contributed by atoms with Crippen LogP contribution in [0.2, 0.25) is 0 Å². The first-order chi connectivity index (χ1) is 12.1. The van der Waals surface area contributed by atoms with Gasteiger partial charge in [0.2, 0.25) is 5.91 Å². The van der Waals surface area contributed by atoms with Gasteiger partial charge < -0.3 is 10.3 Å².